The van der Waals surface area contributed by atoms with E-state index in [-0.39, 0.29) is 24.6 Å². The highest BCUT2D eigenvalue weighted by molar-refractivity contribution is 5.95. The molecule has 3 aromatic rings. The number of hydrogen-bond acceptors (Lipinski definition) is 6. The van der Waals surface area contributed by atoms with Crippen molar-refractivity contribution in [3.05, 3.63) is 82.9 Å². The molecular formula is C28H27F3O6. The van der Waals surface area contributed by atoms with Crippen LogP contribution in [0.5, 0.6) is 11.5 Å². The van der Waals surface area contributed by atoms with Crippen LogP contribution in [0.1, 0.15) is 47.8 Å². The van der Waals surface area contributed by atoms with Crippen molar-refractivity contribution in [1.29, 1.82) is 0 Å². The summed E-state index contributed by atoms with van der Waals surface area (Å²) in [6, 6.07) is 16.1. The van der Waals surface area contributed by atoms with E-state index < -0.39 is 34.6 Å². The van der Waals surface area contributed by atoms with Crippen molar-refractivity contribution in [2.75, 3.05) is 7.11 Å². The molecule has 0 unspecified atom stereocenters. The number of halogens is 3. The smallest absolute Gasteiger partial charge is 0.419 e. The Balaban J connectivity index is 1.79. The molecule has 0 aliphatic carbocycles. The number of ether oxygens (including phenoxy) is 3. The van der Waals surface area contributed by atoms with E-state index in [4.69, 9.17) is 9.47 Å². The van der Waals surface area contributed by atoms with Crippen molar-refractivity contribution in [2.24, 2.45) is 0 Å². The molecule has 0 aromatic heterocycles. The average molecular weight is 517 g/mol. The summed E-state index contributed by atoms with van der Waals surface area (Å²) in [5.41, 5.74) is -0.268. The standard InChI is InChI=1S/C28H27F3O6/c1-27(2,3)37-26(34)24-20(11-14-22(25(24)33)28(29,30)31)16-36-21-12-9-19(10-13-21)18-7-5-17(6-8-18)15-23(32)35-4/h5-14,33H,15-16H2,1-4H3. The number of carbonyl (C=O) groups excluding carboxylic acids is 2. The maximum Gasteiger partial charge on any atom is 0.419 e. The summed E-state index contributed by atoms with van der Waals surface area (Å²) in [5, 5.41) is 10.3. The normalized spacial score (nSPS) is 11.6. The summed E-state index contributed by atoms with van der Waals surface area (Å²) in [7, 11) is 1.33. The lowest BCUT2D eigenvalue weighted by Gasteiger charge is -2.22. The van der Waals surface area contributed by atoms with Gasteiger partial charge in [0.1, 0.15) is 29.3 Å². The van der Waals surface area contributed by atoms with Crippen LogP contribution in [-0.2, 0) is 33.5 Å². The Morgan fingerprint density at radius 1 is 0.865 bits per heavy atom. The van der Waals surface area contributed by atoms with Gasteiger partial charge in [-0.1, -0.05) is 42.5 Å². The topological polar surface area (TPSA) is 82.1 Å². The van der Waals surface area contributed by atoms with Crippen molar-refractivity contribution in [3.8, 4) is 22.6 Å². The fourth-order valence-corrected chi connectivity index (χ4v) is 3.50. The third kappa shape index (κ3) is 7.25. The fourth-order valence-electron chi connectivity index (χ4n) is 3.50. The van der Waals surface area contributed by atoms with Gasteiger partial charge >= 0.3 is 18.1 Å². The summed E-state index contributed by atoms with van der Waals surface area (Å²) in [5.74, 6) is -2.21. The first-order valence-corrected chi connectivity index (χ1v) is 11.3. The van der Waals surface area contributed by atoms with Gasteiger partial charge in [-0.15, -0.1) is 0 Å². The van der Waals surface area contributed by atoms with Crippen molar-refractivity contribution in [3.63, 3.8) is 0 Å². The van der Waals surface area contributed by atoms with Crippen LogP contribution in [0, 0.1) is 0 Å². The lowest BCUT2D eigenvalue weighted by atomic mass is 10.0. The fraction of sp³-hybridized carbons (Fsp3) is 0.286. The van der Waals surface area contributed by atoms with Crippen LogP contribution in [0.15, 0.2) is 60.7 Å². The van der Waals surface area contributed by atoms with Gasteiger partial charge in [0.05, 0.1) is 19.1 Å². The van der Waals surface area contributed by atoms with Gasteiger partial charge in [-0.05, 0) is 55.7 Å². The molecule has 0 aliphatic heterocycles. The molecule has 0 aliphatic rings. The van der Waals surface area contributed by atoms with Crippen LogP contribution in [0.3, 0.4) is 0 Å². The van der Waals surface area contributed by atoms with E-state index >= 15 is 0 Å². The third-order valence-electron chi connectivity index (χ3n) is 5.28. The molecule has 0 heterocycles. The number of esters is 2. The highest BCUT2D eigenvalue weighted by Gasteiger charge is 2.37. The van der Waals surface area contributed by atoms with Gasteiger partial charge in [-0.2, -0.15) is 13.2 Å². The predicted octanol–water partition coefficient (Wildman–Crippen LogP) is 6.33. The zero-order valence-electron chi connectivity index (χ0n) is 20.8. The van der Waals surface area contributed by atoms with Gasteiger partial charge in [-0.3, -0.25) is 4.79 Å². The van der Waals surface area contributed by atoms with Gasteiger partial charge in [-0.25, -0.2) is 4.79 Å². The number of aromatic hydroxyl groups is 1. The molecule has 0 atom stereocenters. The van der Waals surface area contributed by atoms with Gasteiger partial charge in [0, 0.05) is 5.56 Å². The highest BCUT2D eigenvalue weighted by Crippen LogP contribution is 2.39. The molecule has 0 amide bonds. The molecule has 0 spiro atoms. The minimum Gasteiger partial charge on any atom is -0.506 e. The van der Waals surface area contributed by atoms with E-state index in [2.05, 4.69) is 4.74 Å². The summed E-state index contributed by atoms with van der Waals surface area (Å²) in [4.78, 5) is 24.1. The van der Waals surface area contributed by atoms with Gasteiger partial charge < -0.3 is 19.3 Å². The third-order valence-corrected chi connectivity index (χ3v) is 5.28. The van der Waals surface area contributed by atoms with Crippen LogP contribution in [-0.4, -0.2) is 29.8 Å². The number of phenolic OH excluding ortho intramolecular Hbond substituents is 1. The van der Waals surface area contributed by atoms with Crippen LogP contribution >= 0.6 is 0 Å². The molecule has 9 heteroatoms. The molecule has 6 nitrogen and oxygen atoms in total. The Morgan fingerprint density at radius 2 is 1.43 bits per heavy atom. The van der Waals surface area contributed by atoms with Gasteiger partial charge in [0.15, 0.2) is 0 Å². The van der Waals surface area contributed by atoms with Crippen LogP contribution < -0.4 is 4.74 Å². The number of rotatable bonds is 7. The minimum atomic E-state index is -4.85. The second-order valence-corrected chi connectivity index (χ2v) is 9.26. The van der Waals surface area contributed by atoms with E-state index in [1.54, 1.807) is 45.0 Å². The van der Waals surface area contributed by atoms with Gasteiger partial charge in [0.25, 0.3) is 0 Å². The molecular weight excluding hydrogens is 489 g/mol. The molecule has 3 rings (SSSR count). The number of hydrogen-bond donors (Lipinski definition) is 1. The van der Waals surface area contributed by atoms with E-state index in [1.807, 2.05) is 24.3 Å². The average Bonchev–Trinajstić information content (AvgIpc) is 2.81. The molecule has 0 saturated carbocycles. The summed E-state index contributed by atoms with van der Waals surface area (Å²) in [6.45, 7) is 4.43. The van der Waals surface area contributed by atoms with Crippen LogP contribution in [0.25, 0.3) is 11.1 Å². The van der Waals surface area contributed by atoms with E-state index in [1.165, 1.54) is 7.11 Å². The largest absolute Gasteiger partial charge is 0.506 e. The lowest BCUT2D eigenvalue weighted by molar-refractivity contribution is -0.140. The van der Waals surface area contributed by atoms with Crippen molar-refractivity contribution in [1.82, 2.24) is 0 Å². The Labute approximate surface area is 212 Å². The maximum absolute atomic E-state index is 13.3. The SMILES string of the molecule is COC(=O)Cc1ccc(-c2ccc(OCc3ccc(C(F)(F)F)c(O)c3C(=O)OC(C)(C)C)cc2)cc1. The highest BCUT2D eigenvalue weighted by atomic mass is 19.4. The molecule has 3 aromatic carbocycles. The van der Waals surface area contributed by atoms with E-state index in [0.29, 0.717) is 11.8 Å². The number of carbonyl (C=O) groups is 2. The van der Waals surface area contributed by atoms with Crippen LogP contribution in [0.2, 0.25) is 0 Å². The Bertz CT molecular complexity index is 1260. The second kappa shape index (κ2) is 10.9. The Kier molecular flexibility index (Phi) is 8.15. The van der Waals surface area contributed by atoms with E-state index in [0.717, 1.165) is 22.8 Å². The van der Waals surface area contributed by atoms with Crippen molar-refractivity contribution < 1.29 is 42.1 Å². The zero-order valence-corrected chi connectivity index (χ0v) is 20.8. The molecule has 1 N–H and O–H groups in total. The Morgan fingerprint density at radius 3 is 1.95 bits per heavy atom. The number of methoxy groups -OCH3 is 1. The minimum absolute atomic E-state index is 0.0463. The number of phenols is 1. The summed E-state index contributed by atoms with van der Waals surface area (Å²) in [6.07, 6.45) is -4.68. The molecule has 0 radical (unpaired) electrons. The van der Waals surface area contributed by atoms with E-state index in [9.17, 15) is 27.9 Å². The zero-order chi connectivity index (χ0) is 27.4. The summed E-state index contributed by atoms with van der Waals surface area (Å²) < 4.78 is 55.6. The number of benzene rings is 3. The van der Waals surface area contributed by atoms with Crippen LogP contribution in [0.4, 0.5) is 13.2 Å². The number of alkyl halides is 3. The molecule has 0 fully saturated rings. The van der Waals surface area contributed by atoms with Crippen molar-refractivity contribution >= 4 is 11.9 Å². The molecule has 37 heavy (non-hydrogen) atoms. The Hall–Kier alpha value is -4.01. The van der Waals surface area contributed by atoms with Gasteiger partial charge in [0.2, 0.25) is 0 Å². The lowest BCUT2D eigenvalue weighted by Crippen LogP contribution is -2.25. The first-order valence-electron chi connectivity index (χ1n) is 11.3. The first-order chi connectivity index (χ1) is 17.3. The predicted molar refractivity (Wildman–Crippen MR) is 130 cm³/mol. The van der Waals surface area contributed by atoms with Crippen molar-refractivity contribution in [2.45, 2.75) is 45.6 Å². The quantitative estimate of drug-likeness (QED) is 0.370. The first kappa shape index (κ1) is 27.6. The summed E-state index contributed by atoms with van der Waals surface area (Å²) >= 11 is 0. The molecule has 0 bridgehead atoms. The second-order valence-electron chi connectivity index (χ2n) is 9.26. The molecule has 196 valence electrons. The molecule has 0 saturated heterocycles. The maximum atomic E-state index is 13.3. The monoisotopic (exact) mass is 516 g/mol.